The molecule has 0 saturated carbocycles. The monoisotopic (exact) mass is 631 g/mol. The number of hydrogen-bond donors (Lipinski definition) is 1. The molecule has 3 aromatic heterocycles. The first kappa shape index (κ1) is 30.5. The molecule has 5 aromatic rings. The lowest BCUT2D eigenvalue weighted by atomic mass is 9.97. The lowest BCUT2D eigenvalue weighted by molar-refractivity contribution is 0.258. The van der Waals surface area contributed by atoms with E-state index in [2.05, 4.69) is 32.2 Å². The summed E-state index contributed by atoms with van der Waals surface area (Å²) in [4.78, 5) is 47.9. The van der Waals surface area contributed by atoms with Crippen molar-refractivity contribution in [1.29, 1.82) is 0 Å². The van der Waals surface area contributed by atoms with Crippen LogP contribution in [0.2, 0.25) is 5.02 Å². The minimum Gasteiger partial charge on any atom is -0.310 e. The summed E-state index contributed by atoms with van der Waals surface area (Å²) in [7, 11) is 1.69. The highest BCUT2D eigenvalue weighted by Gasteiger charge is 2.29. The highest BCUT2D eigenvalue weighted by Crippen LogP contribution is 2.40. The number of amides is 2. The van der Waals surface area contributed by atoms with Crippen molar-refractivity contribution in [2.75, 3.05) is 22.7 Å². The van der Waals surface area contributed by atoms with E-state index >= 15 is 0 Å². The molecule has 2 aromatic carbocycles. The van der Waals surface area contributed by atoms with Crippen LogP contribution < -0.4 is 15.8 Å². The van der Waals surface area contributed by atoms with Crippen LogP contribution in [0.1, 0.15) is 24.1 Å². The van der Waals surface area contributed by atoms with Crippen LogP contribution in [-0.2, 0) is 13.5 Å². The minimum atomic E-state index is -0.595. The van der Waals surface area contributed by atoms with Crippen molar-refractivity contribution in [2.24, 2.45) is 7.05 Å². The van der Waals surface area contributed by atoms with Gasteiger partial charge in [-0.1, -0.05) is 42.8 Å². The Bertz CT molecular complexity index is 1880. The Morgan fingerprint density at radius 1 is 0.977 bits per heavy atom. The van der Waals surface area contributed by atoms with E-state index in [0.717, 1.165) is 22.9 Å². The van der Waals surface area contributed by atoms with Crippen LogP contribution in [0, 0.1) is 13.8 Å². The summed E-state index contributed by atoms with van der Waals surface area (Å²) in [5.74, 6) is 1.13. The van der Waals surface area contributed by atoms with Crippen LogP contribution in [0.15, 0.2) is 69.7 Å². The molecule has 220 valence electrons. The zero-order valence-corrected chi connectivity index (χ0v) is 27.0. The molecule has 1 N–H and O–H groups in total. The Hall–Kier alpha value is -3.93. The average Bonchev–Trinajstić information content (AvgIpc) is 3.01. The van der Waals surface area contributed by atoms with Crippen molar-refractivity contribution in [1.82, 2.24) is 24.5 Å². The molecule has 0 radical (unpaired) electrons. The predicted octanol–water partition coefficient (Wildman–Crippen LogP) is 7.43. The van der Waals surface area contributed by atoms with E-state index in [4.69, 9.17) is 11.6 Å². The number of benzene rings is 2. The smallest absolute Gasteiger partial charge is 0.310 e. The number of carbonyl (C=O) groups is 1. The fourth-order valence-corrected chi connectivity index (χ4v) is 6.26. The van der Waals surface area contributed by atoms with Crippen molar-refractivity contribution in [3.05, 3.63) is 87.4 Å². The van der Waals surface area contributed by atoms with Crippen LogP contribution in [-0.4, -0.2) is 43.0 Å². The molecule has 2 amide bonds. The molecule has 0 unspecified atom stereocenters. The fraction of sp³-hybridized carbons (Fsp3) is 0.226. The highest BCUT2D eigenvalue weighted by atomic mass is 35.5. The number of nitrogens with zero attached hydrogens (tertiary/aromatic N) is 6. The molecule has 0 aliphatic carbocycles. The minimum absolute atomic E-state index is 0.101. The van der Waals surface area contributed by atoms with Crippen molar-refractivity contribution < 1.29 is 4.79 Å². The number of aryl methyl sites for hydroxylation is 4. The van der Waals surface area contributed by atoms with Gasteiger partial charge >= 0.3 is 6.03 Å². The molecule has 0 aliphatic rings. The molecule has 0 bridgehead atoms. The second-order valence-corrected chi connectivity index (χ2v) is 11.7. The largest absolute Gasteiger partial charge is 0.331 e. The van der Waals surface area contributed by atoms with Crippen LogP contribution in [0.3, 0.4) is 0 Å². The summed E-state index contributed by atoms with van der Waals surface area (Å²) in [6.07, 6.45) is 7.74. The first-order valence-corrected chi connectivity index (χ1v) is 16.3. The number of carbonyl (C=O) groups excluding carboxylic acids is 1. The molecule has 0 aliphatic heterocycles. The molecular formula is C31H30ClN7O2S2. The van der Waals surface area contributed by atoms with E-state index in [9.17, 15) is 9.59 Å². The topological polar surface area (TPSA) is 106 Å². The third kappa shape index (κ3) is 5.84. The van der Waals surface area contributed by atoms with Gasteiger partial charge in [-0.15, -0.1) is 23.5 Å². The number of aromatic nitrogens is 5. The van der Waals surface area contributed by atoms with E-state index in [-0.39, 0.29) is 11.2 Å². The van der Waals surface area contributed by atoms with Crippen LogP contribution in [0.5, 0.6) is 0 Å². The first-order valence-electron chi connectivity index (χ1n) is 13.4. The second kappa shape index (κ2) is 12.7. The van der Waals surface area contributed by atoms with Crippen molar-refractivity contribution >= 4 is 69.1 Å². The summed E-state index contributed by atoms with van der Waals surface area (Å²) in [6, 6.07) is 12.7. The number of urea groups is 1. The number of hydrogen-bond acceptors (Lipinski definition) is 8. The summed E-state index contributed by atoms with van der Waals surface area (Å²) in [5.41, 5.74) is 3.57. The van der Waals surface area contributed by atoms with Crippen LogP contribution in [0.25, 0.3) is 22.0 Å². The van der Waals surface area contributed by atoms with E-state index < -0.39 is 6.03 Å². The molecule has 0 spiro atoms. The average molecular weight is 632 g/mol. The Morgan fingerprint density at radius 3 is 2.14 bits per heavy atom. The fourth-order valence-electron chi connectivity index (χ4n) is 4.88. The van der Waals surface area contributed by atoms with Crippen molar-refractivity contribution in [3.8, 4) is 11.1 Å². The van der Waals surface area contributed by atoms with E-state index in [1.165, 1.54) is 28.4 Å². The quantitative estimate of drug-likeness (QED) is 0.146. The molecule has 3 heterocycles. The highest BCUT2D eigenvalue weighted by molar-refractivity contribution is 7.99. The van der Waals surface area contributed by atoms with Gasteiger partial charge in [-0.25, -0.2) is 24.7 Å². The number of anilines is 3. The molecule has 43 heavy (non-hydrogen) atoms. The number of fused-ring (bicyclic) bond motifs is 1. The van der Waals surface area contributed by atoms with Gasteiger partial charge in [0, 0.05) is 28.6 Å². The summed E-state index contributed by atoms with van der Waals surface area (Å²) >= 11 is 9.49. The molecule has 9 nitrogen and oxygen atoms in total. The zero-order chi connectivity index (χ0) is 30.8. The number of halogens is 1. The molecular weight excluding hydrogens is 602 g/mol. The zero-order valence-electron chi connectivity index (χ0n) is 24.6. The van der Waals surface area contributed by atoms with Gasteiger partial charge in [0.15, 0.2) is 0 Å². The maximum atomic E-state index is 14.5. The Labute approximate surface area is 263 Å². The van der Waals surface area contributed by atoms with Gasteiger partial charge in [0.05, 0.1) is 17.9 Å². The van der Waals surface area contributed by atoms with E-state index in [0.29, 0.717) is 49.2 Å². The Balaban J connectivity index is 1.79. The van der Waals surface area contributed by atoms with Gasteiger partial charge in [-0.2, -0.15) is 0 Å². The summed E-state index contributed by atoms with van der Waals surface area (Å²) < 4.78 is 1.54. The Kier molecular flexibility index (Phi) is 9.05. The third-order valence-electron chi connectivity index (χ3n) is 7.03. The van der Waals surface area contributed by atoms with Gasteiger partial charge in [-0.05, 0) is 56.5 Å². The standard InChI is InChI=1S/C31H30ClN7O2S2/c1-7-19-12-13-23-21(14-19)26(20-10-8-9-11-22(20)32)27(30(40)38(23)4)37-31(41)39(24-15-33-17(2)35-28(24)42-5)25-16-34-18(3)36-29(25)43-6/h8-16H,7H2,1-6H3,(H,37,41). The molecule has 5 rings (SSSR count). The predicted molar refractivity (Wildman–Crippen MR) is 177 cm³/mol. The number of thioether (sulfide) groups is 2. The van der Waals surface area contributed by atoms with E-state index in [1.54, 1.807) is 43.9 Å². The van der Waals surface area contributed by atoms with Gasteiger partial charge in [0.1, 0.15) is 38.8 Å². The molecule has 0 saturated heterocycles. The van der Waals surface area contributed by atoms with Gasteiger partial charge < -0.3 is 9.88 Å². The van der Waals surface area contributed by atoms with Crippen molar-refractivity contribution in [2.45, 2.75) is 37.2 Å². The lowest BCUT2D eigenvalue weighted by Gasteiger charge is -2.26. The van der Waals surface area contributed by atoms with Crippen LogP contribution in [0.4, 0.5) is 21.9 Å². The summed E-state index contributed by atoms with van der Waals surface area (Å²) in [5, 5.41) is 5.39. The lowest BCUT2D eigenvalue weighted by Crippen LogP contribution is -2.35. The van der Waals surface area contributed by atoms with E-state index in [1.807, 2.05) is 48.9 Å². The number of rotatable bonds is 7. The second-order valence-electron chi connectivity index (χ2n) is 9.69. The maximum absolute atomic E-state index is 14.5. The normalized spacial score (nSPS) is 11.1. The SMILES string of the molecule is CCc1ccc2c(c1)c(-c1ccccc1Cl)c(NC(=O)N(c1cnc(C)nc1SC)c1cnc(C)nc1SC)c(=O)n2C. The number of nitrogens with one attached hydrogen (secondary N) is 1. The van der Waals surface area contributed by atoms with Gasteiger partial charge in [0.25, 0.3) is 5.56 Å². The molecule has 12 heteroatoms. The number of pyridine rings is 1. The van der Waals surface area contributed by atoms with Crippen LogP contribution >= 0.6 is 35.1 Å². The molecule has 0 fully saturated rings. The summed E-state index contributed by atoms with van der Waals surface area (Å²) in [6.45, 7) is 5.64. The van der Waals surface area contributed by atoms with Gasteiger partial charge in [-0.3, -0.25) is 9.69 Å². The third-order valence-corrected chi connectivity index (χ3v) is 8.73. The van der Waals surface area contributed by atoms with Crippen molar-refractivity contribution in [3.63, 3.8) is 0 Å². The first-order chi connectivity index (χ1) is 20.7. The Morgan fingerprint density at radius 2 is 1.58 bits per heavy atom. The molecule has 0 atom stereocenters. The van der Waals surface area contributed by atoms with Gasteiger partial charge in [0.2, 0.25) is 0 Å². The maximum Gasteiger partial charge on any atom is 0.331 e.